The molecule has 0 spiro atoms. The van der Waals surface area contributed by atoms with Gasteiger partial charge in [-0.1, -0.05) is 6.92 Å². The number of aromatic nitrogens is 2. The van der Waals surface area contributed by atoms with E-state index in [-0.39, 0.29) is 18.4 Å². The highest BCUT2D eigenvalue weighted by Gasteiger charge is 2.37. The number of carbonyl (C=O) groups is 2. The largest absolute Gasteiger partial charge is 0.481 e. The van der Waals surface area contributed by atoms with Gasteiger partial charge in [0.15, 0.2) is 0 Å². The van der Waals surface area contributed by atoms with E-state index >= 15 is 0 Å². The maximum Gasteiger partial charge on any atom is 0.306 e. The first-order valence-corrected chi connectivity index (χ1v) is 6.40. The molecule has 2 rings (SSSR count). The second-order valence-corrected chi connectivity index (χ2v) is 5.27. The number of rotatable bonds is 4. The Morgan fingerprint density at radius 3 is 2.58 bits per heavy atom. The van der Waals surface area contributed by atoms with E-state index in [1.807, 2.05) is 19.9 Å². The average molecular weight is 265 g/mol. The third kappa shape index (κ3) is 2.77. The van der Waals surface area contributed by atoms with E-state index in [1.165, 1.54) is 0 Å². The molecular weight excluding hydrogens is 246 g/mol. The first-order chi connectivity index (χ1) is 8.88. The van der Waals surface area contributed by atoms with E-state index in [0.717, 1.165) is 11.4 Å². The molecule has 1 aromatic heterocycles. The number of aliphatic carboxylic acids is 1. The lowest BCUT2D eigenvalue weighted by atomic mass is 9.87. The zero-order valence-electron chi connectivity index (χ0n) is 11.5. The predicted molar refractivity (Wildman–Crippen MR) is 68.6 cm³/mol. The SMILES string of the molecule is Cc1cc(C)n(CC(=O)N2CC(C(C)C(=O)O)C2)n1. The highest BCUT2D eigenvalue weighted by atomic mass is 16.4. The van der Waals surface area contributed by atoms with Crippen LogP contribution in [-0.4, -0.2) is 44.8 Å². The van der Waals surface area contributed by atoms with E-state index in [9.17, 15) is 9.59 Å². The van der Waals surface area contributed by atoms with E-state index < -0.39 is 11.9 Å². The fourth-order valence-electron chi connectivity index (χ4n) is 2.30. The lowest BCUT2D eigenvalue weighted by molar-refractivity contribution is -0.150. The molecule has 1 unspecified atom stereocenters. The topological polar surface area (TPSA) is 75.4 Å². The van der Waals surface area contributed by atoms with Crippen molar-refractivity contribution in [2.45, 2.75) is 27.3 Å². The minimum Gasteiger partial charge on any atom is -0.481 e. The first kappa shape index (κ1) is 13.6. The van der Waals surface area contributed by atoms with Gasteiger partial charge in [0.2, 0.25) is 5.91 Å². The number of carboxylic acids is 1. The fourth-order valence-corrected chi connectivity index (χ4v) is 2.30. The van der Waals surface area contributed by atoms with Crippen molar-refractivity contribution in [3.63, 3.8) is 0 Å². The summed E-state index contributed by atoms with van der Waals surface area (Å²) in [6.45, 7) is 6.79. The zero-order chi connectivity index (χ0) is 14.2. The minimum atomic E-state index is -0.796. The number of hydrogen-bond acceptors (Lipinski definition) is 3. The number of aryl methyl sites for hydroxylation is 2. The molecule has 1 aliphatic heterocycles. The zero-order valence-corrected chi connectivity index (χ0v) is 11.5. The summed E-state index contributed by atoms with van der Waals surface area (Å²) in [5, 5.41) is 13.1. The van der Waals surface area contributed by atoms with E-state index in [0.29, 0.717) is 13.1 Å². The van der Waals surface area contributed by atoms with Crippen molar-refractivity contribution in [3.8, 4) is 0 Å². The van der Waals surface area contributed by atoms with Crippen LogP contribution in [0, 0.1) is 25.7 Å². The Labute approximate surface area is 112 Å². The Hall–Kier alpha value is -1.85. The molecule has 1 aromatic rings. The summed E-state index contributed by atoms with van der Waals surface area (Å²) < 4.78 is 1.69. The lowest BCUT2D eigenvalue weighted by Crippen LogP contribution is -2.54. The predicted octanol–water partition coefficient (Wildman–Crippen LogP) is 0.679. The van der Waals surface area contributed by atoms with Gasteiger partial charge in [0, 0.05) is 24.7 Å². The first-order valence-electron chi connectivity index (χ1n) is 6.40. The van der Waals surface area contributed by atoms with Crippen LogP contribution in [-0.2, 0) is 16.1 Å². The number of amides is 1. The van der Waals surface area contributed by atoms with Gasteiger partial charge in [0.05, 0.1) is 11.6 Å². The summed E-state index contributed by atoms with van der Waals surface area (Å²) in [5.74, 6) is -1.12. The van der Waals surface area contributed by atoms with Crippen molar-refractivity contribution in [1.29, 1.82) is 0 Å². The molecule has 1 saturated heterocycles. The van der Waals surface area contributed by atoms with Crippen molar-refractivity contribution < 1.29 is 14.7 Å². The molecule has 0 radical (unpaired) electrons. The Kier molecular flexibility index (Phi) is 3.59. The van der Waals surface area contributed by atoms with Crippen molar-refractivity contribution in [2.24, 2.45) is 11.8 Å². The third-order valence-corrected chi connectivity index (χ3v) is 3.75. The summed E-state index contributed by atoms with van der Waals surface area (Å²) >= 11 is 0. The molecule has 2 heterocycles. The van der Waals surface area contributed by atoms with Crippen LogP contribution in [0.2, 0.25) is 0 Å². The Balaban J connectivity index is 1.87. The molecule has 6 heteroatoms. The van der Waals surface area contributed by atoms with Crippen LogP contribution in [0.5, 0.6) is 0 Å². The molecule has 19 heavy (non-hydrogen) atoms. The fraction of sp³-hybridized carbons (Fsp3) is 0.615. The van der Waals surface area contributed by atoms with Crippen LogP contribution < -0.4 is 0 Å². The van der Waals surface area contributed by atoms with Gasteiger partial charge >= 0.3 is 5.97 Å². The van der Waals surface area contributed by atoms with Gasteiger partial charge in [0.25, 0.3) is 0 Å². The van der Waals surface area contributed by atoms with Gasteiger partial charge in [-0.15, -0.1) is 0 Å². The van der Waals surface area contributed by atoms with Crippen LogP contribution in [0.1, 0.15) is 18.3 Å². The standard InChI is InChI=1S/C13H19N3O3/c1-8-4-9(2)16(14-8)7-12(17)15-5-11(6-15)10(3)13(18)19/h4,10-11H,5-7H2,1-3H3,(H,18,19). The monoisotopic (exact) mass is 265 g/mol. The molecule has 104 valence electrons. The lowest BCUT2D eigenvalue weighted by Gasteiger charge is -2.41. The second-order valence-electron chi connectivity index (χ2n) is 5.27. The van der Waals surface area contributed by atoms with Crippen LogP contribution in [0.25, 0.3) is 0 Å². The molecule has 1 fully saturated rings. The molecule has 1 atom stereocenters. The highest BCUT2D eigenvalue weighted by molar-refractivity contribution is 5.77. The summed E-state index contributed by atoms with van der Waals surface area (Å²) in [4.78, 5) is 24.5. The average Bonchev–Trinajstić information content (AvgIpc) is 2.54. The van der Waals surface area contributed by atoms with Gasteiger partial charge in [0.1, 0.15) is 6.54 Å². The number of carboxylic acid groups (broad SMARTS) is 1. The Bertz CT molecular complexity index is 503. The third-order valence-electron chi connectivity index (χ3n) is 3.75. The Morgan fingerprint density at radius 1 is 1.47 bits per heavy atom. The molecule has 1 aliphatic rings. The van der Waals surface area contributed by atoms with E-state index in [1.54, 1.807) is 16.5 Å². The molecule has 1 N–H and O–H groups in total. The summed E-state index contributed by atoms with van der Waals surface area (Å²) in [6.07, 6.45) is 0. The van der Waals surface area contributed by atoms with Gasteiger partial charge in [-0.2, -0.15) is 5.10 Å². The summed E-state index contributed by atoms with van der Waals surface area (Å²) in [7, 11) is 0. The van der Waals surface area contributed by atoms with E-state index in [2.05, 4.69) is 5.10 Å². The smallest absolute Gasteiger partial charge is 0.306 e. The maximum absolute atomic E-state index is 12.0. The van der Waals surface area contributed by atoms with E-state index in [4.69, 9.17) is 5.11 Å². The van der Waals surface area contributed by atoms with Crippen LogP contribution >= 0.6 is 0 Å². The number of hydrogen-bond donors (Lipinski definition) is 1. The van der Waals surface area contributed by atoms with Gasteiger partial charge in [-0.05, 0) is 19.9 Å². The van der Waals surface area contributed by atoms with Crippen molar-refractivity contribution >= 4 is 11.9 Å². The van der Waals surface area contributed by atoms with Gasteiger partial charge in [-0.25, -0.2) is 0 Å². The number of nitrogens with zero attached hydrogens (tertiary/aromatic N) is 3. The molecule has 0 bridgehead atoms. The molecular formula is C13H19N3O3. The van der Waals surface area contributed by atoms with Crippen LogP contribution in [0.15, 0.2) is 6.07 Å². The minimum absolute atomic E-state index is 0.0000359. The molecule has 0 aromatic carbocycles. The number of carbonyl (C=O) groups excluding carboxylic acids is 1. The molecule has 0 saturated carbocycles. The molecule has 1 amide bonds. The maximum atomic E-state index is 12.0. The normalized spacial score (nSPS) is 17.1. The quantitative estimate of drug-likeness (QED) is 0.868. The summed E-state index contributed by atoms with van der Waals surface area (Å²) in [6, 6.07) is 1.93. The van der Waals surface area contributed by atoms with Crippen molar-refractivity contribution in [1.82, 2.24) is 14.7 Å². The summed E-state index contributed by atoms with van der Waals surface area (Å²) in [5.41, 5.74) is 1.85. The van der Waals surface area contributed by atoms with Crippen LogP contribution in [0.4, 0.5) is 0 Å². The molecule has 0 aliphatic carbocycles. The van der Waals surface area contributed by atoms with Gasteiger partial charge in [-0.3, -0.25) is 14.3 Å². The second kappa shape index (κ2) is 5.03. The Morgan fingerprint density at radius 2 is 2.11 bits per heavy atom. The van der Waals surface area contributed by atoms with Crippen LogP contribution in [0.3, 0.4) is 0 Å². The van der Waals surface area contributed by atoms with Crippen molar-refractivity contribution in [2.75, 3.05) is 13.1 Å². The molecule has 6 nitrogen and oxygen atoms in total. The number of likely N-dealkylation sites (tertiary alicyclic amines) is 1. The van der Waals surface area contributed by atoms with Gasteiger partial charge < -0.3 is 10.0 Å². The van der Waals surface area contributed by atoms with Crippen molar-refractivity contribution in [3.05, 3.63) is 17.5 Å². The highest BCUT2D eigenvalue weighted by Crippen LogP contribution is 2.24.